The summed E-state index contributed by atoms with van der Waals surface area (Å²) in [6.07, 6.45) is 0.855. The van der Waals surface area contributed by atoms with Gasteiger partial charge >= 0.3 is 0 Å². The summed E-state index contributed by atoms with van der Waals surface area (Å²) >= 11 is 3.41. The second kappa shape index (κ2) is 9.38. The summed E-state index contributed by atoms with van der Waals surface area (Å²) in [5.74, 6) is 0.152. The van der Waals surface area contributed by atoms with E-state index < -0.39 is 0 Å². The van der Waals surface area contributed by atoms with Crippen LogP contribution in [-0.4, -0.2) is 24.5 Å². The molecule has 0 aliphatic heterocycles. The molecule has 0 radical (unpaired) electrons. The molecular formula is C20H23BrN2O3. The van der Waals surface area contributed by atoms with Crippen LogP contribution >= 0.6 is 15.9 Å². The lowest BCUT2D eigenvalue weighted by Crippen LogP contribution is -2.32. The lowest BCUT2D eigenvalue weighted by atomic mass is 10.1. The number of rotatable bonds is 7. The van der Waals surface area contributed by atoms with Crippen molar-refractivity contribution in [3.63, 3.8) is 0 Å². The first-order chi connectivity index (χ1) is 12.4. The molecular weight excluding hydrogens is 396 g/mol. The molecule has 1 atom stereocenters. The highest BCUT2D eigenvalue weighted by molar-refractivity contribution is 9.10. The zero-order chi connectivity index (χ0) is 19.1. The summed E-state index contributed by atoms with van der Waals surface area (Å²) in [7, 11) is 0. The fraction of sp³-hybridized carbons (Fsp3) is 0.300. The average molecular weight is 419 g/mol. The maximum atomic E-state index is 12.2. The van der Waals surface area contributed by atoms with Crippen molar-refractivity contribution in [2.24, 2.45) is 0 Å². The summed E-state index contributed by atoms with van der Waals surface area (Å²) in [5.41, 5.74) is 2.16. The lowest BCUT2D eigenvalue weighted by Gasteiger charge is -2.12. The fourth-order valence-electron chi connectivity index (χ4n) is 2.21. The first-order valence-corrected chi connectivity index (χ1v) is 9.28. The van der Waals surface area contributed by atoms with E-state index in [1.807, 2.05) is 39.0 Å². The number of hydrogen-bond donors (Lipinski definition) is 2. The smallest absolute Gasteiger partial charge is 0.262 e. The van der Waals surface area contributed by atoms with Crippen molar-refractivity contribution < 1.29 is 14.3 Å². The van der Waals surface area contributed by atoms with Crippen molar-refractivity contribution in [3.8, 4) is 5.75 Å². The number of nitrogens with one attached hydrogen (secondary N) is 2. The number of ether oxygens (including phenoxy) is 1. The summed E-state index contributed by atoms with van der Waals surface area (Å²) in [4.78, 5) is 24.3. The van der Waals surface area contributed by atoms with Crippen molar-refractivity contribution in [3.05, 3.63) is 58.1 Å². The van der Waals surface area contributed by atoms with Gasteiger partial charge < -0.3 is 15.4 Å². The summed E-state index contributed by atoms with van der Waals surface area (Å²) in [5, 5.41) is 5.65. The van der Waals surface area contributed by atoms with Crippen LogP contribution in [0.5, 0.6) is 5.75 Å². The molecule has 2 amide bonds. The number of amides is 2. The molecule has 26 heavy (non-hydrogen) atoms. The first-order valence-electron chi connectivity index (χ1n) is 8.48. The molecule has 2 aromatic rings. The molecule has 0 bridgehead atoms. The molecule has 2 aromatic carbocycles. The normalized spacial score (nSPS) is 11.5. The van der Waals surface area contributed by atoms with E-state index >= 15 is 0 Å². The van der Waals surface area contributed by atoms with Crippen LogP contribution in [0.4, 0.5) is 5.69 Å². The highest BCUT2D eigenvalue weighted by atomic mass is 79.9. The predicted octanol–water partition coefficient (Wildman–Crippen LogP) is 4.30. The Labute approximate surface area is 162 Å². The van der Waals surface area contributed by atoms with Crippen LogP contribution in [-0.2, 0) is 4.79 Å². The van der Waals surface area contributed by atoms with Crippen LogP contribution < -0.4 is 15.4 Å². The Morgan fingerprint density at radius 2 is 1.96 bits per heavy atom. The highest BCUT2D eigenvalue weighted by Gasteiger charge is 2.11. The second-order valence-corrected chi connectivity index (χ2v) is 6.99. The third kappa shape index (κ3) is 5.88. The Morgan fingerprint density at radius 1 is 1.19 bits per heavy atom. The monoisotopic (exact) mass is 418 g/mol. The van der Waals surface area contributed by atoms with Gasteiger partial charge in [-0.25, -0.2) is 0 Å². The van der Waals surface area contributed by atoms with E-state index in [0.717, 1.165) is 16.5 Å². The van der Waals surface area contributed by atoms with Gasteiger partial charge in [0.25, 0.3) is 11.8 Å². The maximum Gasteiger partial charge on any atom is 0.262 e. The van der Waals surface area contributed by atoms with Crippen LogP contribution in [0, 0.1) is 6.92 Å². The molecule has 0 aliphatic rings. The van der Waals surface area contributed by atoms with Gasteiger partial charge in [0.2, 0.25) is 0 Å². The minimum Gasteiger partial charge on any atom is -0.483 e. The molecule has 1 unspecified atom stereocenters. The Hall–Kier alpha value is -2.34. The van der Waals surface area contributed by atoms with Crippen LogP contribution in [0.2, 0.25) is 0 Å². The van der Waals surface area contributed by atoms with Gasteiger partial charge in [-0.2, -0.15) is 0 Å². The number of halogens is 1. The Morgan fingerprint density at radius 3 is 2.65 bits per heavy atom. The van der Waals surface area contributed by atoms with Crippen molar-refractivity contribution in [1.82, 2.24) is 5.32 Å². The molecule has 5 nitrogen and oxygen atoms in total. The van der Waals surface area contributed by atoms with E-state index in [1.165, 1.54) is 0 Å². The predicted molar refractivity (Wildman–Crippen MR) is 107 cm³/mol. The molecule has 0 saturated heterocycles. The standard InChI is InChI=1S/C20H23BrN2O3/c1-4-14(3)22-20(25)15-6-5-7-16(11-15)23-19(24)12-26-18-9-8-13(2)10-17(18)21/h5-11,14H,4,12H2,1-3H3,(H,22,25)(H,23,24). The number of anilines is 1. The number of benzene rings is 2. The highest BCUT2D eigenvalue weighted by Crippen LogP contribution is 2.25. The second-order valence-electron chi connectivity index (χ2n) is 6.13. The number of carbonyl (C=O) groups excluding carboxylic acids is 2. The van der Waals surface area contributed by atoms with E-state index in [1.54, 1.807) is 24.3 Å². The number of carbonyl (C=O) groups is 2. The molecule has 2 rings (SSSR count). The van der Waals surface area contributed by atoms with E-state index in [4.69, 9.17) is 4.74 Å². The molecule has 2 N–H and O–H groups in total. The van der Waals surface area contributed by atoms with Crippen LogP contribution in [0.25, 0.3) is 0 Å². The van der Waals surface area contributed by atoms with E-state index in [0.29, 0.717) is 17.0 Å². The van der Waals surface area contributed by atoms with Gasteiger partial charge in [0, 0.05) is 17.3 Å². The molecule has 0 saturated carbocycles. The quantitative estimate of drug-likeness (QED) is 0.703. The summed E-state index contributed by atoms with van der Waals surface area (Å²) in [6.45, 7) is 5.81. The first kappa shape index (κ1) is 20.0. The largest absolute Gasteiger partial charge is 0.483 e. The lowest BCUT2D eigenvalue weighted by molar-refractivity contribution is -0.118. The van der Waals surface area contributed by atoms with Crippen LogP contribution in [0.3, 0.4) is 0 Å². The van der Waals surface area contributed by atoms with Crippen LogP contribution in [0.15, 0.2) is 46.9 Å². The van der Waals surface area contributed by atoms with Gasteiger partial charge in [-0.15, -0.1) is 0 Å². The van der Waals surface area contributed by atoms with E-state index in [9.17, 15) is 9.59 Å². The average Bonchev–Trinajstić information content (AvgIpc) is 2.61. The fourth-order valence-corrected chi connectivity index (χ4v) is 2.82. The number of hydrogen-bond acceptors (Lipinski definition) is 3. The van der Waals surface area contributed by atoms with Crippen molar-refractivity contribution in [2.75, 3.05) is 11.9 Å². The van der Waals surface area contributed by atoms with Gasteiger partial charge in [0.05, 0.1) is 4.47 Å². The third-order valence-electron chi connectivity index (χ3n) is 3.84. The summed E-state index contributed by atoms with van der Waals surface area (Å²) < 4.78 is 6.33. The van der Waals surface area contributed by atoms with Gasteiger partial charge in [-0.05, 0) is 72.1 Å². The zero-order valence-corrected chi connectivity index (χ0v) is 16.7. The van der Waals surface area contributed by atoms with Gasteiger partial charge in [-0.1, -0.05) is 19.1 Å². The third-order valence-corrected chi connectivity index (χ3v) is 4.46. The van der Waals surface area contributed by atoms with Crippen molar-refractivity contribution in [2.45, 2.75) is 33.2 Å². The molecule has 0 fully saturated rings. The number of aryl methyl sites for hydroxylation is 1. The van der Waals surface area contributed by atoms with Gasteiger partial charge in [0.1, 0.15) is 5.75 Å². The van der Waals surface area contributed by atoms with E-state index in [2.05, 4.69) is 26.6 Å². The summed E-state index contributed by atoms with van der Waals surface area (Å²) in [6, 6.07) is 12.6. The topological polar surface area (TPSA) is 67.4 Å². The molecule has 6 heteroatoms. The molecule has 0 heterocycles. The Balaban J connectivity index is 1.94. The molecule has 138 valence electrons. The van der Waals surface area contributed by atoms with Gasteiger partial charge in [0.15, 0.2) is 6.61 Å². The van der Waals surface area contributed by atoms with Crippen molar-refractivity contribution in [1.29, 1.82) is 0 Å². The molecule has 0 spiro atoms. The van der Waals surface area contributed by atoms with E-state index in [-0.39, 0.29) is 24.5 Å². The minimum atomic E-state index is -0.294. The van der Waals surface area contributed by atoms with Crippen molar-refractivity contribution >= 4 is 33.4 Å². The Bertz CT molecular complexity index is 792. The van der Waals surface area contributed by atoms with Crippen LogP contribution in [0.1, 0.15) is 36.2 Å². The Kier molecular flexibility index (Phi) is 7.21. The van der Waals surface area contributed by atoms with Gasteiger partial charge in [-0.3, -0.25) is 9.59 Å². The molecule has 0 aromatic heterocycles. The maximum absolute atomic E-state index is 12.2. The SMILES string of the molecule is CCC(C)NC(=O)c1cccc(NC(=O)COc2ccc(C)cc2Br)c1. The minimum absolute atomic E-state index is 0.0992. The molecule has 0 aliphatic carbocycles. The zero-order valence-electron chi connectivity index (χ0n) is 15.1.